The van der Waals surface area contributed by atoms with Gasteiger partial charge in [0.05, 0.1) is 0 Å². The molecule has 0 radical (unpaired) electrons. The first-order chi connectivity index (χ1) is 8.02. The molecule has 0 spiro atoms. The van der Waals surface area contributed by atoms with Crippen LogP contribution < -0.4 is 10.1 Å². The van der Waals surface area contributed by atoms with Crippen molar-refractivity contribution in [2.24, 2.45) is 5.92 Å². The maximum absolute atomic E-state index is 13.3. The van der Waals surface area contributed by atoms with Gasteiger partial charge >= 0.3 is 6.61 Å². The van der Waals surface area contributed by atoms with Crippen LogP contribution in [0.3, 0.4) is 0 Å². The van der Waals surface area contributed by atoms with E-state index >= 15 is 0 Å². The third-order valence-corrected chi connectivity index (χ3v) is 2.50. The average Bonchev–Trinajstić information content (AvgIpc) is 2.28. The fourth-order valence-electron chi connectivity index (χ4n) is 1.24. The zero-order valence-electron chi connectivity index (χ0n) is 9.84. The van der Waals surface area contributed by atoms with Crippen LogP contribution in [0.1, 0.15) is 20.3 Å². The third-order valence-electron chi connectivity index (χ3n) is 2.50. The monoisotopic (exact) mass is 247 g/mol. The van der Waals surface area contributed by atoms with E-state index in [4.69, 9.17) is 0 Å². The summed E-state index contributed by atoms with van der Waals surface area (Å²) in [4.78, 5) is 0. The van der Waals surface area contributed by atoms with Crippen molar-refractivity contribution in [2.75, 3.05) is 11.9 Å². The van der Waals surface area contributed by atoms with Gasteiger partial charge in [0, 0.05) is 18.3 Å². The number of ether oxygens (including phenoxy) is 1. The highest BCUT2D eigenvalue weighted by Gasteiger charge is 2.10. The molecular weight excluding hydrogens is 231 g/mol. The highest BCUT2D eigenvalue weighted by atomic mass is 19.3. The van der Waals surface area contributed by atoms with Crippen LogP contribution in [-0.4, -0.2) is 13.2 Å². The smallest absolute Gasteiger partial charge is 0.387 e. The number of hydrogen-bond donors (Lipinski definition) is 1. The number of hydrogen-bond acceptors (Lipinski definition) is 2. The summed E-state index contributed by atoms with van der Waals surface area (Å²) in [5.41, 5.74) is 0.560. The van der Waals surface area contributed by atoms with Gasteiger partial charge in [-0.25, -0.2) is 4.39 Å². The van der Waals surface area contributed by atoms with Gasteiger partial charge in [-0.15, -0.1) is 0 Å². The van der Waals surface area contributed by atoms with Gasteiger partial charge in [-0.1, -0.05) is 20.3 Å². The Kier molecular flexibility index (Phi) is 5.12. The van der Waals surface area contributed by atoms with Gasteiger partial charge in [-0.05, 0) is 18.1 Å². The molecule has 1 aromatic carbocycles. The quantitative estimate of drug-likeness (QED) is 0.823. The molecule has 0 heterocycles. The van der Waals surface area contributed by atoms with Gasteiger partial charge < -0.3 is 10.1 Å². The van der Waals surface area contributed by atoms with Crippen LogP contribution in [0.4, 0.5) is 18.9 Å². The summed E-state index contributed by atoms with van der Waals surface area (Å²) in [7, 11) is 0. The third kappa shape index (κ3) is 4.54. The fourth-order valence-corrected chi connectivity index (χ4v) is 1.24. The number of benzene rings is 1. The van der Waals surface area contributed by atoms with Gasteiger partial charge in [0.15, 0.2) is 11.6 Å². The molecule has 17 heavy (non-hydrogen) atoms. The van der Waals surface area contributed by atoms with E-state index < -0.39 is 18.2 Å². The molecule has 0 saturated carbocycles. The minimum Gasteiger partial charge on any atom is -0.432 e. The van der Waals surface area contributed by atoms with Crippen molar-refractivity contribution in [1.82, 2.24) is 0 Å². The topological polar surface area (TPSA) is 21.3 Å². The lowest BCUT2D eigenvalue weighted by molar-refractivity contribution is -0.0521. The molecule has 0 aliphatic heterocycles. The van der Waals surface area contributed by atoms with Gasteiger partial charge in [0.1, 0.15) is 0 Å². The van der Waals surface area contributed by atoms with Crippen LogP contribution >= 0.6 is 0 Å². The van der Waals surface area contributed by atoms with E-state index in [-0.39, 0.29) is 0 Å². The van der Waals surface area contributed by atoms with Gasteiger partial charge in [-0.3, -0.25) is 0 Å². The Morgan fingerprint density at radius 2 is 2.06 bits per heavy atom. The molecule has 5 heteroatoms. The van der Waals surface area contributed by atoms with Crippen LogP contribution in [0.2, 0.25) is 0 Å². The van der Waals surface area contributed by atoms with E-state index in [9.17, 15) is 13.2 Å². The van der Waals surface area contributed by atoms with Crippen molar-refractivity contribution in [1.29, 1.82) is 0 Å². The summed E-state index contributed by atoms with van der Waals surface area (Å²) in [6.45, 7) is 1.83. The molecule has 0 saturated heterocycles. The molecular formula is C12H16F3NO. The minimum absolute atomic E-state index is 0.436. The van der Waals surface area contributed by atoms with Crippen molar-refractivity contribution in [3.05, 3.63) is 24.0 Å². The number of anilines is 1. The predicted molar refractivity (Wildman–Crippen MR) is 61.0 cm³/mol. The van der Waals surface area contributed by atoms with Crippen LogP contribution in [0, 0.1) is 11.7 Å². The number of alkyl halides is 2. The predicted octanol–water partition coefficient (Wildman–Crippen LogP) is 3.89. The zero-order valence-corrected chi connectivity index (χ0v) is 9.84. The second-order valence-corrected chi connectivity index (χ2v) is 3.92. The molecule has 0 fully saturated rings. The molecule has 1 N–H and O–H groups in total. The number of halogens is 3. The Morgan fingerprint density at radius 1 is 1.35 bits per heavy atom. The summed E-state index contributed by atoms with van der Waals surface area (Å²) >= 11 is 0. The fraction of sp³-hybridized carbons (Fsp3) is 0.500. The van der Waals surface area contributed by atoms with E-state index in [0.29, 0.717) is 18.2 Å². The summed E-state index contributed by atoms with van der Waals surface area (Å²) in [5, 5.41) is 3.03. The zero-order chi connectivity index (χ0) is 12.8. The van der Waals surface area contributed by atoms with Crippen LogP contribution in [0.15, 0.2) is 18.2 Å². The lowest BCUT2D eigenvalue weighted by atomic mass is 10.1. The minimum atomic E-state index is -3.01. The molecule has 2 nitrogen and oxygen atoms in total. The Balaban J connectivity index is 2.62. The van der Waals surface area contributed by atoms with Gasteiger partial charge in [-0.2, -0.15) is 8.78 Å². The van der Waals surface area contributed by atoms with Crippen molar-refractivity contribution in [3.8, 4) is 5.75 Å². The highest BCUT2D eigenvalue weighted by Crippen LogP contribution is 2.23. The molecule has 96 valence electrons. The number of rotatable bonds is 6. The molecule has 1 unspecified atom stereocenters. The molecule has 0 bridgehead atoms. The van der Waals surface area contributed by atoms with Crippen molar-refractivity contribution in [3.63, 3.8) is 0 Å². The Hall–Kier alpha value is -1.39. The number of nitrogens with one attached hydrogen (secondary N) is 1. The second kappa shape index (κ2) is 6.37. The average molecular weight is 247 g/mol. The maximum atomic E-state index is 13.3. The normalized spacial score (nSPS) is 12.6. The highest BCUT2D eigenvalue weighted by molar-refractivity contribution is 5.47. The van der Waals surface area contributed by atoms with Crippen molar-refractivity contribution < 1.29 is 17.9 Å². The lowest BCUT2D eigenvalue weighted by Gasteiger charge is -2.12. The molecule has 0 aliphatic rings. The van der Waals surface area contributed by atoms with Crippen LogP contribution in [0.5, 0.6) is 5.75 Å². The van der Waals surface area contributed by atoms with Crippen LogP contribution in [-0.2, 0) is 0 Å². The first-order valence-corrected chi connectivity index (χ1v) is 5.51. The Labute approximate surface area is 98.8 Å². The lowest BCUT2D eigenvalue weighted by Crippen LogP contribution is -2.10. The Morgan fingerprint density at radius 3 is 2.59 bits per heavy atom. The van der Waals surface area contributed by atoms with E-state index in [1.54, 1.807) is 0 Å². The standard InChI is InChI=1S/C12H16F3NO/c1-3-8(2)7-16-9-4-5-11(10(13)6-9)17-12(14)15/h4-6,8,12,16H,3,7H2,1-2H3. The first kappa shape index (κ1) is 13.7. The second-order valence-electron chi connectivity index (χ2n) is 3.92. The van der Waals surface area contributed by atoms with E-state index in [1.165, 1.54) is 12.1 Å². The molecule has 0 aromatic heterocycles. The summed E-state index contributed by atoms with van der Waals surface area (Å²) < 4.78 is 41.1. The first-order valence-electron chi connectivity index (χ1n) is 5.51. The summed E-state index contributed by atoms with van der Waals surface area (Å²) in [6, 6.07) is 3.86. The Bertz CT molecular complexity index is 358. The summed E-state index contributed by atoms with van der Waals surface area (Å²) in [6.07, 6.45) is 1.02. The van der Waals surface area contributed by atoms with Crippen molar-refractivity contribution in [2.45, 2.75) is 26.9 Å². The molecule has 0 aliphatic carbocycles. The molecule has 0 amide bonds. The molecule has 1 aromatic rings. The molecule has 1 atom stereocenters. The van der Waals surface area contributed by atoms with Gasteiger partial charge in [0.25, 0.3) is 0 Å². The van der Waals surface area contributed by atoms with E-state index in [1.807, 2.05) is 0 Å². The van der Waals surface area contributed by atoms with E-state index in [0.717, 1.165) is 12.5 Å². The summed E-state index contributed by atoms with van der Waals surface area (Å²) in [5.74, 6) is -0.761. The van der Waals surface area contributed by atoms with E-state index in [2.05, 4.69) is 23.9 Å². The molecule has 1 rings (SSSR count). The SMILES string of the molecule is CCC(C)CNc1ccc(OC(F)F)c(F)c1. The largest absolute Gasteiger partial charge is 0.432 e. The maximum Gasteiger partial charge on any atom is 0.387 e. The van der Waals surface area contributed by atoms with Crippen LogP contribution in [0.25, 0.3) is 0 Å². The van der Waals surface area contributed by atoms with Gasteiger partial charge in [0.2, 0.25) is 0 Å². The van der Waals surface area contributed by atoms with Crippen molar-refractivity contribution >= 4 is 5.69 Å².